The van der Waals surface area contributed by atoms with E-state index in [2.05, 4.69) is 15.3 Å². The third-order valence-electron chi connectivity index (χ3n) is 2.38. The summed E-state index contributed by atoms with van der Waals surface area (Å²) in [6, 6.07) is 0. The first-order valence-electron chi connectivity index (χ1n) is 5.29. The lowest BCUT2D eigenvalue weighted by Gasteiger charge is -2.26. The van der Waals surface area contributed by atoms with Gasteiger partial charge in [-0.2, -0.15) is 0 Å². The van der Waals surface area contributed by atoms with E-state index in [0.29, 0.717) is 6.42 Å². The highest BCUT2D eigenvalue weighted by Crippen LogP contribution is 2.20. The van der Waals surface area contributed by atoms with Crippen molar-refractivity contribution in [1.29, 1.82) is 0 Å². The third-order valence-corrected chi connectivity index (χ3v) is 2.38. The number of carboxylic acid groups (broad SMARTS) is 1. The average Bonchev–Trinajstić information content (AvgIpc) is 2.22. The lowest BCUT2D eigenvalue weighted by atomic mass is 9.98. The SMILES string of the molecule is Cc1ncnc(NC(C)(C)CCC(=O)O)c1F. The summed E-state index contributed by atoms with van der Waals surface area (Å²) in [6.07, 6.45) is 1.67. The molecule has 1 rings (SSSR count). The van der Waals surface area contributed by atoms with Crippen molar-refractivity contribution in [3.05, 3.63) is 17.8 Å². The number of hydrogen-bond donors (Lipinski definition) is 2. The summed E-state index contributed by atoms with van der Waals surface area (Å²) in [7, 11) is 0. The second-order valence-corrected chi connectivity index (χ2v) is 4.52. The van der Waals surface area contributed by atoms with Gasteiger partial charge in [0.2, 0.25) is 0 Å². The van der Waals surface area contributed by atoms with Gasteiger partial charge < -0.3 is 10.4 Å². The number of nitrogens with one attached hydrogen (secondary N) is 1. The molecule has 94 valence electrons. The van der Waals surface area contributed by atoms with E-state index in [1.807, 2.05) is 0 Å². The number of aryl methyl sites for hydroxylation is 1. The molecular weight excluding hydrogens is 225 g/mol. The molecule has 0 amide bonds. The van der Waals surface area contributed by atoms with Gasteiger partial charge in [0.15, 0.2) is 11.6 Å². The Kier molecular flexibility index (Phi) is 3.98. The lowest BCUT2D eigenvalue weighted by Crippen LogP contribution is -2.32. The van der Waals surface area contributed by atoms with Crippen molar-refractivity contribution in [2.24, 2.45) is 0 Å². The van der Waals surface area contributed by atoms with Crippen LogP contribution < -0.4 is 5.32 Å². The largest absolute Gasteiger partial charge is 0.481 e. The summed E-state index contributed by atoms with van der Waals surface area (Å²) >= 11 is 0. The predicted molar refractivity (Wildman–Crippen MR) is 61.3 cm³/mol. The molecule has 0 aliphatic carbocycles. The highest BCUT2D eigenvalue weighted by molar-refractivity contribution is 5.66. The Morgan fingerprint density at radius 1 is 1.53 bits per heavy atom. The molecule has 1 aromatic rings. The van der Waals surface area contributed by atoms with Gasteiger partial charge in [-0.3, -0.25) is 4.79 Å². The molecule has 0 bridgehead atoms. The molecule has 1 aromatic heterocycles. The first-order valence-corrected chi connectivity index (χ1v) is 5.29. The van der Waals surface area contributed by atoms with E-state index in [4.69, 9.17) is 5.11 Å². The zero-order valence-electron chi connectivity index (χ0n) is 10.1. The summed E-state index contributed by atoms with van der Waals surface area (Å²) in [5.41, 5.74) is -0.281. The van der Waals surface area contributed by atoms with E-state index in [1.54, 1.807) is 20.8 Å². The molecule has 0 fully saturated rings. The minimum atomic E-state index is -0.876. The van der Waals surface area contributed by atoms with Crippen molar-refractivity contribution >= 4 is 11.8 Å². The third kappa shape index (κ3) is 3.97. The minimum Gasteiger partial charge on any atom is -0.481 e. The predicted octanol–water partition coefficient (Wildman–Crippen LogP) is 1.98. The van der Waals surface area contributed by atoms with Crippen LogP contribution in [0.4, 0.5) is 10.2 Å². The minimum absolute atomic E-state index is 0.0195. The molecule has 2 N–H and O–H groups in total. The van der Waals surface area contributed by atoms with Crippen molar-refractivity contribution in [3.63, 3.8) is 0 Å². The van der Waals surface area contributed by atoms with Crippen LogP contribution in [0.25, 0.3) is 0 Å². The van der Waals surface area contributed by atoms with Crippen molar-refractivity contribution in [1.82, 2.24) is 9.97 Å². The zero-order valence-corrected chi connectivity index (χ0v) is 10.1. The fraction of sp³-hybridized carbons (Fsp3) is 0.545. The van der Waals surface area contributed by atoms with E-state index in [-0.39, 0.29) is 17.9 Å². The van der Waals surface area contributed by atoms with Crippen molar-refractivity contribution in [2.45, 2.75) is 39.2 Å². The number of aliphatic carboxylic acids is 1. The molecule has 0 aliphatic heterocycles. The van der Waals surface area contributed by atoms with E-state index >= 15 is 0 Å². The summed E-state index contributed by atoms with van der Waals surface area (Å²) in [4.78, 5) is 18.0. The van der Waals surface area contributed by atoms with Crippen LogP contribution in [-0.4, -0.2) is 26.6 Å². The average molecular weight is 241 g/mol. The summed E-state index contributed by atoms with van der Waals surface area (Å²) in [5.74, 6) is -1.27. The zero-order chi connectivity index (χ0) is 13.1. The molecular formula is C11H16FN3O2. The Bertz CT molecular complexity index is 421. The van der Waals surface area contributed by atoms with Crippen LogP contribution in [0.5, 0.6) is 0 Å². The molecule has 5 nitrogen and oxygen atoms in total. The molecule has 0 saturated heterocycles. The van der Waals surface area contributed by atoms with Gasteiger partial charge in [-0.1, -0.05) is 0 Å². The van der Waals surface area contributed by atoms with Gasteiger partial charge in [-0.15, -0.1) is 0 Å². The van der Waals surface area contributed by atoms with Crippen LogP contribution in [0.1, 0.15) is 32.4 Å². The molecule has 0 unspecified atom stereocenters. The molecule has 0 aromatic carbocycles. The number of nitrogens with zero attached hydrogens (tertiary/aromatic N) is 2. The topological polar surface area (TPSA) is 75.1 Å². The summed E-state index contributed by atoms with van der Waals surface area (Å²) in [6.45, 7) is 5.14. The Morgan fingerprint density at radius 3 is 2.76 bits per heavy atom. The van der Waals surface area contributed by atoms with E-state index in [1.165, 1.54) is 6.33 Å². The molecule has 0 atom stereocenters. The number of carbonyl (C=O) groups is 1. The number of carboxylic acids is 1. The Labute approximate surface area is 99.1 Å². The number of anilines is 1. The van der Waals surface area contributed by atoms with Crippen LogP contribution >= 0.6 is 0 Å². The van der Waals surface area contributed by atoms with Crippen LogP contribution in [0.2, 0.25) is 0 Å². The van der Waals surface area contributed by atoms with E-state index in [0.717, 1.165) is 0 Å². The molecule has 0 radical (unpaired) electrons. The van der Waals surface area contributed by atoms with Gasteiger partial charge in [0.1, 0.15) is 6.33 Å². The number of hydrogen-bond acceptors (Lipinski definition) is 4. The highest BCUT2D eigenvalue weighted by atomic mass is 19.1. The maximum Gasteiger partial charge on any atom is 0.303 e. The van der Waals surface area contributed by atoms with Crippen LogP contribution in [-0.2, 0) is 4.79 Å². The maximum absolute atomic E-state index is 13.6. The molecule has 0 aliphatic rings. The number of rotatable bonds is 5. The van der Waals surface area contributed by atoms with Gasteiger partial charge in [0.25, 0.3) is 0 Å². The summed E-state index contributed by atoms with van der Waals surface area (Å²) < 4.78 is 13.6. The van der Waals surface area contributed by atoms with E-state index in [9.17, 15) is 9.18 Å². The van der Waals surface area contributed by atoms with E-state index < -0.39 is 17.3 Å². The van der Waals surface area contributed by atoms with Gasteiger partial charge in [0, 0.05) is 12.0 Å². The van der Waals surface area contributed by atoms with Gasteiger partial charge >= 0.3 is 5.97 Å². The molecule has 6 heteroatoms. The molecule has 0 saturated carbocycles. The van der Waals surface area contributed by atoms with Crippen molar-refractivity contribution in [2.75, 3.05) is 5.32 Å². The normalized spacial score (nSPS) is 11.3. The molecule has 0 spiro atoms. The standard InChI is InChI=1S/C11H16FN3O2/c1-7-9(12)10(14-6-13-7)15-11(2,3)5-4-8(16)17/h6H,4-5H2,1-3H3,(H,16,17)(H,13,14,15). The fourth-order valence-electron chi connectivity index (χ4n) is 1.35. The Morgan fingerprint density at radius 2 is 2.18 bits per heavy atom. The molecule has 17 heavy (non-hydrogen) atoms. The molecule has 1 heterocycles. The monoisotopic (exact) mass is 241 g/mol. The Balaban J connectivity index is 2.75. The van der Waals surface area contributed by atoms with Crippen LogP contribution in [0.3, 0.4) is 0 Å². The Hall–Kier alpha value is -1.72. The van der Waals surface area contributed by atoms with Gasteiger partial charge in [-0.05, 0) is 27.2 Å². The highest BCUT2D eigenvalue weighted by Gasteiger charge is 2.21. The quantitative estimate of drug-likeness (QED) is 0.824. The van der Waals surface area contributed by atoms with Gasteiger partial charge in [-0.25, -0.2) is 14.4 Å². The maximum atomic E-state index is 13.6. The lowest BCUT2D eigenvalue weighted by molar-refractivity contribution is -0.137. The first kappa shape index (κ1) is 13.3. The number of halogens is 1. The first-order chi connectivity index (χ1) is 7.82. The van der Waals surface area contributed by atoms with Crippen molar-refractivity contribution < 1.29 is 14.3 Å². The second-order valence-electron chi connectivity index (χ2n) is 4.52. The van der Waals surface area contributed by atoms with Crippen LogP contribution in [0, 0.1) is 12.7 Å². The van der Waals surface area contributed by atoms with Gasteiger partial charge in [0.05, 0.1) is 5.69 Å². The second kappa shape index (κ2) is 5.07. The van der Waals surface area contributed by atoms with Crippen LogP contribution in [0.15, 0.2) is 6.33 Å². The fourth-order valence-corrected chi connectivity index (χ4v) is 1.35. The van der Waals surface area contributed by atoms with Crippen molar-refractivity contribution in [3.8, 4) is 0 Å². The number of aromatic nitrogens is 2. The summed E-state index contributed by atoms with van der Waals surface area (Å²) in [5, 5.41) is 11.5. The smallest absolute Gasteiger partial charge is 0.303 e.